The molecule has 0 radical (unpaired) electrons. The van der Waals surface area contributed by atoms with Gasteiger partial charge < -0.3 is 5.11 Å². The van der Waals surface area contributed by atoms with E-state index in [-0.39, 0.29) is 17.4 Å². The van der Waals surface area contributed by atoms with E-state index in [0.29, 0.717) is 19.0 Å². The Morgan fingerprint density at radius 1 is 0.649 bits per heavy atom. The Labute approximate surface area is 228 Å². The average molecular weight is 541 g/mol. The van der Waals surface area contributed by atoms with Crippen molar-refractivity contribution >= 4 is 7.82 Å². The lowest BCUT2D eigenvalue weighted by atomic mass is 9.78. The van der Waals surface area contributed by atoms with Gasteiger partial charge in [-0.1, -0.05) is 120 Å². The summed E-state index contributed by atoms with van der Waals surface area (Å²) in [6, 6.07) is 3.91. The molecule has 0 saturated heterocycles. The molecule has 0 amide bonds. The fourth-order valence-electron chi connectivity index (χ4n) is 4.30. The largest absolute Gasteiger partial charge is 0.507 e. The summed E-state index contributed by atoms with van der Waals surface area (Å²) >= 11 is 0. The van der Waals surface area contributed by atoms with E-state index in [1.807, 2.05) is 12.1 Å². The Morgan fingerprint density at radius 2 is 1.03 bits per heavy atom. The number of hydrogen-bond acceptors (Lipinski definition) is 5. The van der Waals surface area contributed by atoms with E-state index >= 15 is 0 Å². The van der Waals surface area contributed by atoms with E-state index in [4.69, 9.17) is 13.6 Å². The SMILES string of the molecule is CCCCCCCCOP(=O)(OCCCCCCCC)OCc1cc(C(C)(C)C)c(O)c(C(C)(C)C)c1. The van der Waals surface area contributed by atoms with Crippen molar-refractivity contribution in [1.29, 1.82) is 0 Å². The third kappa shape index (κ3) is 13.7. The Balaban J connectivity index is 2.90. The number of benzene rings is 1. The van der Waals surface area contributed by atoms with Gasteiger partial charge in [-0.3, -0.25) is 13.6 Å². The van der Waals surface area contributed by atoms with Crippen molar-refractivity contribution < 1.29 is 23.2 Å². The second-order valence-corrected chi connectivity index (χ2v) is 14.1. The van der Waals surface area contributed by atoms with Crippen LogP contribution in [0.1, 0.15) is 149 Å². The molecule has 0 spiro atoms. The van der Waals surface area contributed by atoms with Crippen molar-refractivity contribution in [2.24, 2.45) is 0 Å². The molecule has 1 N–H and O–H groups in total. The van der Waals surface area contributed by atoms with Gasteiger partial charge in [0.05, 0.1) is 19.8 Å². The topological polar surface area (TPSA) is 65.0 Å². The number of aromatic hydroxyl groups is 1. The van der Waals surface area contributed by atoms with E-state index in [1.54, 1.807) is 0 Å². The van der Waals surface area contributed by atoms with E-state index in [9.17, 15) is 9.67 Å². The first-order valence-electron chi connectivity index (χ1n) is 14.7. The van der Waals surface area contributed by atoms with Crippen molar-refractivity contribution in [1.82, 2.24) is 0 Å². The third-order valence-corrected chi connectivity index (χ3v) is 8.11. The summed E-state index contributed by atoms with van der Waals surface area (Å²) in [5, 5.41) is 11.0. The zero-order valence-corrected chi connectivity index (χ0v) is 26.2. The Morgan fingerprint density at radius 3 is 1.41 bits per heavy atom. The van der Waals surface area contributed by atoms with Crippen molar-refractivity contribution in [2.45, 2.75) is 150 Å². The van der Waals surface area contributed by atoms with E-state index in [1.165, 1.54) is 51.4 Å². The fraction of sp³-hybridized carbons (Fsp3) is 0.806. The van der Waals surface area contributed by atoms with Crippen LogP contribution in [0.5, 0.6) is 5.75 Å². The van der Waals surface area contributed by atoms with Crippen molar-refractivity contribution in [3.8, 4) is 5.75 Å². The molecule has 37 heavy (non-hydrogen) atoms. The highest BCUT2D eigenvalue weighted by Crippen LogP contribution is 2.51. The molecule has 0 saturated carbocycles. The second kappa shape index (κ2) is 17.0. The monoisotopic (exact) mass is 540 g/mol. The number of phosphoric acid groups is 1. The van der Waals surface area contributed by atoms with Gasteiger partial charge in [-0.05, 0) is 52.5 Å². The van der Waals surface area contributed by atoms with Gasteiger partial charge in [0.2, 0.25) is 0 Å². The van der Waals surface area contributed by atoms with Crippen LogP contribution in [0.3, 0.4) is 0 Å². The highest BCUT2D eigenvalue weighted by atomic mass is 31.2. The van der Waals surface area contributed by atoms with Crippen LogP contribution in [-0.4, -0.2) is 18.3 Å². The minimum atomic E-state index is -3.69. The van der Waals surface area contributed by atoms with Gasteiger partial charge in [-0.2, -0.15) is 0 Å². The van der Waals surface area contributed by atoms with Crippen molar-refractivity contribution in [3.05, 3.63) is 28.8 Å². The minimum Gasteiger partial charge on any atom is -0.507 e. The first-order chi connectivity index (χ1) is 17.3. The molecule has 0 aliphatic rings. The molecule has 1 aromatic carbocycles. The molecular weight excluding hydrogens is 483 g/mol. The molecule has 0 aromatic heterocycles. The Kier molecular flexibility index (Phi) is 15.7. The first-order valence-corrected chi connectivity index (χ1v) is 16.2. The fourth-order valence-corrected chi connectivity index (χ4v) is 5.54. The van der Waals surface area contributed by atoms with Gasteiger partial charge in [-0.15, -0.1) is 0 Å². The van der Waals surface area contributed by atoms with Gasteiger partial charge in [0.1, 0.15) is 5.75 Å². The lowest BCUT2D eigenvalue weighted by Gasteiger charge is -2.28. The van der Waals surface area contributed by atoms with Gasteiger partial charge in [0.15, 0.2) is 0 Å². The second-order valence-electron chi connectivity index (χ2n) is 12.5. The summed E-state index contributed by atoms with van der Waals surface area (Å²) in [6.07, 6.45) is 13.5. The molecule has 1 rings (SSSR count). The van der Waals surface area contributed by atoms with Crippen LogP contribution in [0.25, 0.3) is 0 Å². The van der Waals surface area contributed by atoms with Crippen LogP contribution in [0, 0.1) is 0 Å². The molecule has 0 bridgehead atoms. The number of hydrogen-bond donors (Lipinski definition) is 1. The zero-order chi connectivity index (χ0) is 28.0. The lowest BCUT2D eigenvalue weighted by molar-refractivity contribution is 0.105. The number of phenolic OH excluding ortho intramolecular Hbond substituents is 1. The third-order valence-electron chi connectivity index (χ3n) is 6.67. The molecule has 5 nitrogen and oxygen atoms in total. The molecule has 6 heteroatoms. The van der Waals surface area contributed by atoms with Crippen molar-refractivity contribution in [2.75, 3.05) is 13.2 Å². The van der Waals surface area contributed by atoms with E-state index in [0.717, 1.165) is 42.4 Å². The lowest BCUT2D eigenvalue weighted by Crippen LogP contribution is -2.18. The van der Waals surface area contributed by atoms with Crippen LogP contribution >= 0.6 is 7.82 Å². The highest BCUT2D eigenvalue weighted by molar-refractivity contribution is 7.48. The summed E-state index contributed by atoms with van der Waals surface area (Å²) in [5.41, 5.74) is 2.08. The van der Waals surface area contributed by atoms with E-state index in [2.05, 4.69) is 55.4 Å². The summed E-state index contributed by atoms with van der Waals surface area (Å²) in [4.78, 5) is 0. The number of phenols is 1. The zero-order valence-electron chi connectivity index (χ0n) is 25.3. The summed E-state index contributed by atoms with van der Waals surface area (Å²) < 4.78 is 31.0. The van der Waals surface area contributed by atoms with Gasteiger partial charge >= 0.3 is 7.82 Å². The molecule has 0 heterocycles. The van der Waals surface area contributed by atoms with Gasteiger partial charge in [-0.25, -0.2) is 4.57 Å². The molecule has 0 aliphatic carbocycles. The molecule has 0 aliphatic heterocycles. The standard InChI is InChI=1S/C31H57O5P/c1-9-11-13-15-17-19-21-34-37(33,35-22-20-18-16-14-12-10-2)36-25-26-23-27(30(3,4)5)29(32)28(24-26)31(6,7)8/h23-24,32H,9-22,25H2,1-8H3. The molecule has 1 aromatic rings. The number of unbranched alkanes of at least 4 members (excludes halogenated alkanes) is 10. The van der Waals surface area contributed by atoms with Crippen LogP contribution < -0.4 is 0 Å². The maximum Gasteiger partial charge on any atom is 0.475 e. The van der Waals surface area contributed by atoms with Crippen LogP contribution in [0.2, 0.25) is 0 Å². The van der Waals surface area contributed by atoms with Crippen molar-refractivity contribution in [3.63, 3.8) is 0 Å². The molecule has 216 valence electrons. The summed E-state index contributed by atoms with van der Waals surface area (Å²) in [5.74, 6) is 0.325. The smallest absolute Gasteiger partial charge is 0.475 e. The maximum absolute atomic E-state index is 13.6. The molecule has 0 fully saturated rings. The van der Waals surface area contributed by atoms with Crippen LogP contribution in [0.4, 0.5) is 0 Å². The number of rotatable bonds is 19. The molecule has 0 atom stereocenters. The maximum atomic E-state index is 13.6. The Hall–Kier alpha value is -0.870. The Bertz CT molecular complexity index is 750. The molecule has 0 unspecified atom stereocenters. The number of phosphoric ester groups is 1. The summed E-state index contributed by atoms with van der Waals surface area (Å²) in [6.45, 7) is 17.8. The quantitative estimate of drug-likeness (QED) is 0.140. The summed E-state index contributed by atoms with van der Waals surface area (Å²) in [7, 11) is -3.69. The van der Waals surface area contributed by atoms with Crippen LogP contribution in [0.15, 0.2) is 12.1 Å². The minimum absolute atomic E-state index is 0.108. The average Bonchev–Trinajstić information content (AvgIpc) is 2.81. The van der Waals surface area contributed by atoms with Crippen LogP contribution in [-0.2, 0) is 35.6 Å². The predicted octanol–water partition coefficient (Wildman–Crippen LogP) is 10.4. The van der Waals surface area contributed by atoms with Gasteiger partial charge in [0.25, 0.3) is 0 Å². The van der Waals surface area contributed by atoms with Gasteiger partial charge in [0, 0.05) is 0 Å². The van der Waals surface area contributed by atoms with E-state index < -0.39 is 7.82 Å². The first kappa shape index (κ1) is 34.2. The predicted molar refractivity (Wildman–Crippen MR) is 157 cm³/mol. The molecular formula is C31H57O5P. The highest BCUT2D eigenvalue weighted by Gasteiger charge is 2.29. The normalized spacial score (nSPS) is 12.9.